The Bertz CT molecular complexity index is 1150. The molecule has 6 rings (SSSR count). The van der Waals surface area contributed by atoms with Gasteiger partial charge in [0.15, 0.2) is 0 Å². The second kappa shape index (κ2) is 10.9. The molecule has 1 N–H and O–H groups in total. The van der Waals surface area contributed by atoms with Crippen LogP contribution in [-0.4, -0.2) is 88.8 Å². The van der Waals surface area contributed by atoms with E-state index in [1.807, 2.05) is 18.2 Å². The summed E-state index contributed by atoms with van der Waals surface area (Å²) in [6.45, 7) is 6.79. The van der Waals surface area contributed by atoms with Crippen molar-refractivity contribution in [3.8, 4) is 0 Å². The summed E-state index contributed by atoms with van der Waals surface area (Å²) in [5.41, 5.74) is 1.87. The number of benzene rings is 1. The third-order valence-corrected chi connectivity index (χ3v) is 10.1. The average Bonchev–Trinajstić information content (AvgIpc) is 3.66. The van der Waals surface area contributed by atoms with Crippen LogP contribution in [0.25, 0.3) is 11.0 Å². The maximum absolute atomic E-state index is 10.7. The summed E-state index contributed by atoms with van der Waals surface area (Å²) in [6, 6.07) is 8.10. The molecule has 0 radical (unpaired) electrons. The maximum atomic E-state index is 9.87. The summed E-state index contributed by atoms with van der Waals surface area (Å²) in [5.74, 6) is 0. The van der Waals surface area contributed by atoms with Crippen molar-refractivity contribution in [2.45, 2.75) is 38.5 Å². The maximum Gasteiger partial charge on any atom is 0.451 e. The van der Waals surface area contributed by atoms with E-state index in [9.17, 15) is 25.2 Å². The van der Waals surface area contributed by atoms with Gasteiger partial charge in [0.05, 0.1) is 12.4 Å². The average molecular weight is 605 g/mol. The Morgan fingerprint density at radius 3 is 1.59 bits per heavy atom. The molecule has 0 spiro atoms. The minimum atomic E-state index is -10.7. The van der Waals surface area contributed by atoms with Crippen LogP contribution in [0.5, 0.6) is 0 Å². The van der Waals surface area contributed by atoms with Crippen LogP contribution < -0.4 is 4.62 Å². The number of halogens is 6. The predicted molar refractivity (Wildman–Crippen MR) is 134 cm³/mol. The van der Waals surface area contributed by atoms with Gasteiger partial charge < -0.3 is 5.21 Å². The van der Waals surface area contributed by atoms with Crippen molar-refractivity contribution in [2.24, 2.45) is 0 Å². The molecule has 5 heterocycles. The van der Waals surface area contributed by atoms with Gasteiger partial charge in [-0.3, -0.25) is 0 Å². The zero-order valence-electron chi connectivity index (χ0n) is 21.0. The van der Waals surface area contributed by atoms with Gasteiger partial charge in [-0.2, -0.15) is 4.62 Å². The van der Waals surface area contributed by atoms with Gasteiger partial charge in [0.1, 0.15) is 11.0 Å². The third kappa shape index (κ3) is 8.58. The molecule has 0 aliphatic carbocycles. The van der Waals surface area contributed by atoms with E-state index in [-0.39, 0.29) is 0 Å². The first-order valence-electron chi connectivity index (χ1n) is 12.5. The van der Waals surface area contributed by atoms with E-state index in [4.69, 9.17) is 9.83 Å². The summed E-state index contributed by atoms with van der Waals surface area (Å²) in [5, 5.41) is 23.4. The fourth-order valence-corrected chi connectivity index (χ4v) is 8.91. The van der Waals surface area contributed by atoms with E-state index in [2.05, 4.69) is 40.7 Å². The van der Waals surface area contributed by atoms with Gasteiger partial charge in [0.2, 0.25) is 0 Å². The monoisotopic (exact) mass is 605 g/mol. The van der Waals surface area contributed by atoms with E-state index in [0.29, 0.717) is 4.85 Å². The molecular formula is C20H31F6N9O2P2. The zero-order chi connectivity index (χ0) is 28.2. The van der Waals surface area contributed by atoms with Crippen LogP contribution in [0, 0.1) is 0 Å². The molecule has 0 atom stereocenters. The van der Waals surface area contributed by atoms with Crippen LogP contribution in [0.1, 0.15) is 38.5 Å². The summed E-state index contributed by atoms with van der Waals surface area (Å²) in [6.07, 6.45) is 10.3. The Balaban J connectivity index is 0.000000225. The summed E-state index contributed by atoms with van der Waals surface area (Å²) in [4.78, 5) is 2.36. The standard InChI is InChI=1S/C18H28N6OP.C2H3N3O.F6P/c1-2-10-18-17(9-1)19-20-24(18)25-26(21-11-3-4-12-21,22-13-5-6-14-22)23-15-7-8-16-23;6-5-2-1-3-4-5;1-7(2,3,4,5)6/h1-2,9-10H,3-8,11-16H2;1-2,6H;/q+1;;-1. The molecule has 3 saturated heterocycles. The van der Waals surface area contributed by atoms with Crippen LogP contribution in [0.4, 0.5) is 25.2 Å². The minimum absolute atomic E-state index is 0.639. The smallest absolute Gasteiger partial charge is 0.411 e. The Kier molecular flexibility index (Phi) is 8.31. The first kappa shape index (κ1) is 29.7. The van der Waals surface area contributed by atoms with Gasteiger partial charge in [0, 0.05) is 39.3 Å². The summed E-state index contributed by atoms with van der Waals surface area (Å²) >= 11 is 0. The fourth-order valence-electron chi connectivity index (χ4n) is 4.79. The quantitative estimate of drug-likeness (QED) is 0.222. The summed E-state index contributed by atoms with van der Waals surface area (Å²) < 4.78 is 74.1. The van der Waals surface area contributed by atoms with Crippen LogP contribution in [0.3, 0.4) is 0 Å². The van der Waals surface area contributed by atoms with Crippen molar-refractivity contribution < 1.29 is 35.0 Å². The van der Waals surface area contributed by atoms with Crippen molar-refractivity contribution >= 4 is 26.8 Å². The predicted octanol–water partition coefficient (Wildman–Crippen LogP) is 5.72. The van der Waals surface area contributed by atoms with Gasteiger partial charge in [0.25, 0.3) is 0 Å². The molecule has 0 saturated carbocycles. The minimum Gasteiger partial charge on any atom is -0.411 e. The third-order valence-electron chi connectivity index (χ3n) is 6.27. The van der Waals surface area contributed by atoms with Gasteiger partial charge in [-0.25, -0.2) is 0 Å². The number of nitrogens with zero attached hydrogens (tertiary/aromatic N) is 9. The van der Waals surface area contributed by atoms with Gasteiger partial charge in [-0.05, 0) is 65.9 Å². The molecule has 220 valence electrons. The molecule has 3 aromatic rings. The van der Waals surface area contributed by atoms with Crippen molar-refractivity contribution in [1.29, 1.82) is 0 Å². The normalized spacial score (nSPS) is 21.1. The number of fused-ring (bicyclic) bond motifs is 1. The van der Waals surface area contributed by atoms with Crippen molar-refractivity contribution in [2.75, 3.05) is 39.3 Å². The molecule has 3 fully saturated rings. The fraction of sp³-hybridized carbons (Fsp3) is 0.600. The van der Waals surface area contributed by atoms with E-state index in [1.54, 1.807) is 4.85 Å². The van der Waals surface area contributed by atoms with Crippen LogP contribution >= 0.6 is 15.8 Å². The molecule has 39 heavy (non-hydrogen) atoms. The Labute approximate surface area is 221 Å². The van der Waals surface area contributed by atoms with Gasteiger partial charge >= 0.3 is 40.9 Å². The second-order valence-electron chi connectivity index (χ2n) is 9.31. The number of para-hydroxylation sites is 1. The molecule has 1 aromatic carbocycles. The van der Waals surface area contributed by atoms with E-state index < -0.39 is 15.8 Å². The molecule has 19 heteroatoms. The largest absolute Gasteiger partial charge is 0.451 e. The molecule has 11 nitrogen and oxygen atoms in total. The van der Waals surface area contributed by atoms with Crippen molar-refractivity contribution in [3.63, 3.8) is 0 Å². The van der Waals surface area contributed by atoms with Gasteiger partial charge in [-0.1, -0.05) is 17.0 Å². The van der Waals surface area contributed by atoms with E-state index >= 15 is 0 Å². The van der Waals surface area contributed by atoms with Crippen LogP contribution in [0.15, 0.2) is 36.7 Å². The Hall–Kier alpha value is -2.32. The first-order valence-corrected chi connectivity index (χ1v) is 16.1. The molecule has 3 aliphatic heterocycles. The number of rotatable bonds is 5. The van der Waals surface area contributed by atoms with Crippen LogP contribution in [0.2, 0.25) is 0 Å². The molecule has 0 bridgehead atoms. The first-order chi connectivity index (χ1) is 18.2. The molecule has 3 aliphatic rings. The van der Waals surface area contributed by atoms with Crippen LogP contribution in [-0.2, 0) is 0 Å². The molecular weight excluding hydrogens is 574 g/mol. The zero-order valence-corrected chi connectivity index (χ0v) is 22.8. The number of aromatic nitrogens is 6. The SMILES string of the molecule is F[P-](F)(F)(F)(F)F.On1ccnn1.c1ccc2c(c1)nnn2O[P+](N1CCCC1)(N1CCCC1)N1CCCC1. The Morgan fingerprint density at radius 1 is 0.744 bits per heavy atom. The molecule has 2 aromatic heterocycles. The van der Waals surface area contributed by atoms with E-state index in [1.165, 1.54) is 50.9 Å². The van der Waals surface area contributed by atoms with Gasteiger partial charge in [-0.15, -0.1) is 24.2 Å². The van der Waals surface area contributed by atoms with Crippen molar-refractivity contribution in [1.82, 2.24) is 44.3 Å². The topological polar surface area (TPSA) is 101 Å². The number of hydrogen-bond donors (Lipinski definition) is 1. The molecule has 0 unspecified atom stereocenters. The number of hydrogen-bond acceptors (Lipinski definition) is 9. The Morgan fingerprint density at radius 2 is 1.21 bits per heavy atom. The van der Waals surface area contributed by atoms with E-state index in [0.717, 1.165) is 50.3 Å². The van der Waals surface area contributed by atoms with Crippen molar-refractivity contribution in [3.05, 3.63) is 36.7 Å². The summed E-state index contributed by atoms with van der Waals surface area (Å²) in [7, 11) is -12.7. The molecule has 0 amide bonds. The second-order valence-corrected chi connectivity index (χ2v) is 14.1.